The Kier molecular flexibility index (Phi) is 6.74. The Labute approximate surface area is 202 Å². The molecular formula is C25H23ClN2O3S2. The maximum atomic E-state index is 12.9. The van der Waals surface area contributed by atoms with Crippen molar-refractivity contribution in [2.75, 3.05) is 15.9 Å². The maximum Gasteiger partial charge on any atom is 0.265 e. The summed E-state index contributed by atoms with van der Waals surface area (Å²) < 4.78 is 27.4. The van der Waals surface area contributed by atoms with Gasteiger partial charge in [-0.1, -0.05) is 48.9 Å². The summed E-state index contributed by atoms with van der Waals surface area (Å²) in [7, 11) is -3.53. The number of halogens is 1. The molecule has 0 aliphatic heterocycles. The highest BCUT2D eigenvalue weighted by molar-refractivity contribution is 7.92. The van der Waals surface area contributed by atoms with Crippen LogP contribution in [0.1, 0.15) is 27.7 Å². The Bertz CT molecular complexity index is 1410. The molecule has 4 aromatic rings. The Morgan fingerprint density at radius 3 is 2.45 bits per heavy atom. The van der Waals surface area contributed by atoms with Crippen LogP contribution >= 0.6 is 22.9 Å². The molecule has 0 fully saturated rings. The first-order valence-corrected chi connectivity index (χ1v) is 13.4. The van der Waals surface area contributed by atoms with Crippen molar-refractivity contribution in [1.82, 2.24) is 0 Å². The molecule has 0 saturated carbocycles. The number of nitrogens with zero attached hydrogens (tertiary/aromatic N) is 1. The van der Waals surface area contributed by atoms with Gasteiger partial charge < -0.3 is 5.32 Å². The number of amides is 1. The summed E-state index contributed by atoms with van der Waals surface area (Å²) in [6.07, 6.45) is 2.01. The number of thiophene rings is 1. The van der Waals surface area contributed by atoms with E-state index in [0.717, 1.165) is 33.3 Å². The summed E-state index contributed by atoms with van der Waals surface area (Å²) in [5, 5.41) is 4.40. The number of hydrogen-bond acceptors (Lipinski definition) is 4. The second kappa shape index (κ2) is 9.55. The quantitative estimate of drug-likeness (QED) is 0.323. The molecule has 0 bridgehead atoms. The number of benzene rings is 3. The molecule has 170 valence electrons. The summed E-state index contributed by atoms with van der Waals surface area (Å²) in [4.78, 5) is 13.4. The predicted octanol–water partition coefficient (Wildman–Crippen LogP) is 6.34. The van der Waals surface area contributed by atoms with Gasteiger partial charge in [0.25, 0.3) is 5.91 Å². The largest absolute Gasteiger partial charge is 0.321 e. The lowest BCUT2D eigenvalue weighted by atomic mass is 10.1. The van der Waals surface area contributed by atoms with Crippen molar-refractivity contribution >= 4 is 60.3 Å². The number of rotatable bonds is 7. The lowest BCUT2D eigenvalue weighted by molar-refractivity contribution is 0.103. The van der Waals surface area contributed by atoms with Crippen molar-refractivity contribution < 1.29 is 13.2 Å². The fraction of sp³-hybridized carbons (Fsp3) is 0.160. The van der Waals surface area contributed by atoms with Crippen molar-refractivity contribution in [1.29, 1.82) is 0 Å². The maximum absolute atomic E-state index is 12.9. The summed E-state index contributed by atoms with van der Waals surface area (Å²) in [5.74, 6) is -0.181. The highest BCUT2D eigenvalue weighted by Crippen LogP contribution is 2.32. The van der Waals surface area contributed by atoms with Gasteiger partial charge in [-0.05, 0) is 65.4 Å². The Morgan fingerprint density at radius 1 is 1.03 bits per heavy atom. The molecule has 1 aromatic heterocycles. The van der Waals surface area contributed by atoms with E-state index < -0.39 is 10.0 Å². The van der Waals surface area contributed by atoms with Gasteiger partial charge in [-0.3, -0.25) is 9.10 Å². The zero-order valence-corrected chi connectivity index (χ0v) is 20.6. The Balaban J connectivity index is 1.63. The average Bonchev–Trinajstić information content (AvgIpc) is 3.22. The summed E-state index contributed by atoms with van der Waals surface area (Å²) in [6, 6.07) is 22.0. The topological polar surface area (TPSA) is 66.5 Å². The van der Waals surface area contributed by atoms with Crippen LogP contribution in [0.2, 0.25) is 5.02 Å². The molecule has 0 radical (unpaired) electrons. The number of aryl methyl sites for hydroxylation is 1. The van der Waals surface area contributed by atoms with E-state index in [0.29, 0.717) is 15.6 Å². The van der Waals surface area contributed by atoms with Crippen molar-refractivity contribution in [3.05, 3.63) is 93.8 Å². The number of anilines is 2. The molecule has 0 spiro atoms. The molecule has 0 saturated heterocycles. The lowest BCUT2D eigenvalue weighted by Crippen LogP contribution is -2.29. The van der Waals surface area contributed by atoms with Crippen LogP contribution < -0.4 is 9.62 Å². The number of sulfonamides is 1. The lowest BCUT2D eigenvalue weighted by Gasteiger charge is -2.22. The fourth-order valence-corrected chi connectivity index (χ4v) is 5.53. The van der Waals surface area contributed by atoms with Crippen LogP contribution in [-0.2, 0) is 23.0 Å². The summed E-state index contributed by atoms with van der Waals surface area (Å²) in [6.45, 7) is 2.23. The van der Waals surface area contributed by atoms with Gasteiger partial charge in [-0.15, -0.1) is 11.3 Å². The van der Waals surface area contributed by atoms with Crippen LogP contribution in [0.3, 0.4) is 0 Å². The first kappa shape index (κ1) is 23.3. The Hall–Kier alpha value is -2.87. The van der Waals surface area contributed by atoms with Crippen LogP contribution in [0.15, 0.2) is 72.8 Å². The predicted molar refractivity (Wildman–Crippen MR) is 138 cm³/mol. The van der Waals surface area contributed by atoms with Crippen LogP contribution in [0, 0.1) is 0 Å². The van der Waals surface area contributed by atoms with E-state index in [2.05, 4.69) is 5.32 Å². The second-order valence-corrected chi connectivity index (χ2v) is 11.1. The van der Waals surface area contributed by atoms with Gasteiger partial charge in [0.15, 0.2) is 0 Å². The fourth-order valence-electron chi connectivity index (χ4n) is 3.59. The summed E-state index contributed by atoms with van der Waals surface area (Å²) >= 11 is 7.33. The molecule has 1 N–H and O–H groups in total. The number of hydrogen-bond donors (Lipinski definition) is 1. The highest BCUT2D eigenvalue weighted by Gasteiger charge is 2.19. The van der Waals surface area contributed by atoms with Crippen molar-refractivity contribution in [3.8, 4) is 0 Å². The number of fused-ring (bicyclic) bond motifs is 1. The van der Waals surface area contributed by atoms with Crippen LogP contribution in [-0.4, -0.2) is 20.6 Å². The average molecular weight is 499 g/mol. The van der Waals surface area contributed by atoms with Gasteiger partial charge in [0.05, 0.1) is 23.4 Å². The van der Waals surface area contributed by atoms with Crippen LogP contribution in [0.25, 0.3) is 10.1 Å². The number of carbonyl (C=O) groups is 1. The minimum Gasteiger partial charge on any atom is -0.321 e. The monoisotopic (exact) mass is 498 g/mol. The van der Waals surface area contributed by atoms with Crippen LogP contribution in [0.4, 0.5) is 11.4 Å². The molecular weight excluding hydrogens is 476 g/mol. The third-order valence-electron chi connectivity index (χ3n) is 5.30. The van der Waals surface area contributed by atoms with E-state index in [9.17, 15) is 13.2 Å². The van der Waals surface area contributed by atoms with Gasteiger partial charge in [0.1, 0.15) is 0 Å². The molecule has 3 aromatic carbocycles. The van der Waals surface area contributed by atoms with E-state index in [1.807, 2.05) is 37.3 Å². The number of para-hydroxylation sites is 1. The first-order valence-electron chi connectivity index (χ1n) is 10.4. The molecule has 1 heterocycles. The molecule has 1 amide bonds. The Morgan fingerprint density at radius 2 is 1.76 bits per heavy atom. The molecule has 0 aliphatic carbocycles. The van der Waals surface area contributed by atoms with Gasteiger partial charge in [-0.25, -0.2) is 8.42 Å². The van der Waals surface area contributed by atoms with Crippen molar-refractivity contribution in [3.63, 3.8) is 0 Å². The normalized spacial score (nSPS) is 11.5. The van der Waals surface area contributed by atoms with Crippen LogP contribution in [0.5, 0.6) is 0 Å². The molecule has 0 aliphatic rings. The van der Waals surface area contributed by atoms with Crippen molar-refractivity contribution in [2.45, 2.75) is 19.9 Å². The third kappa shape index (κ3) is 5.38. The van der Waals surface area contributed by atoms with Gasteiger partial charge >= 0.3 is 0 Å². The number of carbonyl (C=O) groups excluding carboxylic acids is 1. The smallest absolute Gasteiger partial charge is 0.265 e. The van der Waals surface area contributed by atoms with E-state index in [4.69, 9.17) is 11.6 Å². The SMILES string of the molecule is CCc1ccccc1NC(=O)c1cc2cc(N(Cc3ccc(Cl)cc3)S(C)(=O)=O)ccc2s1. The van der Waals surface area contributed by atoms with Gasteiger partial charge in [0.2, 0.25) is 10.0 Å². The molecule has 33 heavy (non-hydrogen) atoms. The molecule has 8 heteroatoms. The second-order valence-electron chi connectivity index (χ2n) is 7.69. The minimum absolute atomic E-state index is 0.181. The van der Waals surface area contributed by atoms with Gasteiger partial charge in [-0.2, -0.15) is 0 Å². The third-order valence-corrected chi connectivity index (χ3v) is 7.81. The molecule has 4 rings (SSSR count). The van der Waals surface area contributed by atoms with E-state index >= 15 is 0 Å². The molecule has 0 atom stereocenters. The van der Waals surface area contributed by atoms with E-state index in [1.165, 1.54) is 21.9 Å². The van der Waals surface area contributed by atoms with E-state index in [-0.39, 0.29) is 12.5 Å². The molecule has 5 nitrogen and oxygen atoms in total. The minimum atomic E-state index is -3.53. The van der Waals surface area contributed by atoms with E-state index in [1.54, 1.807) is 42.5 Å². The highest BCUT2D eigenvalue weighted by atomic mass is 35.5. The zero-order chi connectivity index (χ0) is 23.6. The number of nitrogens with one attached hydrogen (secondary N) is 1. The van der Waals surface area contributed by atoms with Gasteiger partial charge in [0, 0.05) is 15.4 Å². The first-order chi connectivity index (χ1) is 15.7. The standard InChI is InChI=1S/C25H23ClN2O3S2/c1-3-18-6-4-5-7-22(18)27-25(29)24-15-19-14-21(12-13-23(19)32-24)28(33(2,30)31)16-17-8-10-20(26)11-9-17/h4-15H,3,16H2,1-2H3,(H,27,29). The molecule has 0 unspecified atom stereocenters. The zero-order valence-electron chi connectivity index (χ0n) is 18.2. The van der Waals surface area contributed by atoms with Crippen molar-refractivity contribution in [2.24, 2.45) is 0 Å². The summed E-state index contributed by atoms with van der Waals surface area (Å²) in [5.41, 5.74) is 3.24.